The largest absolute Gasteiger partial charge is 0.377 e. The first kappa shape index (κ1) is 15.5. The van der Waals surface area contributed by atoms with Crippen molar-refractivity contribution in [1.82, 2.24) is 5.32 Å². The zero-order valence-electron chi connectivity index (χ0n) is 13.5. The van der Waals surface area contributed by atoms with Gasteiger partial charge in [-0.05, 0) is 24.8 Å². The van der Waals surface area contributed by atoms with Crippen molar-refractivity contribution in [2.24, 2.45) is 11.3 Å². The number of rotatable bonds is 6. The molecule has 3 unspecified atom stereocenters. The maximum Gasteiger partial charge on any atom is 0.0656 e. The molecule has 0 amide bonds. The van der Waals surface area contributed by atoms with E-state index in [1.807, 2.05) is 0 Å². The number of hydrogen-bond acceptors (Lipinski definition) is 2. The second-order valence-corrected chi connectivity index (χ2v) is 7.12. The van der Waals surface area contributed by atoms with Crippen molar-refractivity contribution in [3.05, 3.63) is 35.9 Å². The molecule has 0 bridgehead atoms. The fraction of sp³-hybridized carbons (Fsp3) is 0.667. The smallest absolute Gasteiger partial charge is 0.0656 e. The molecule has 1 aromatic rings. The summed E-state index contributed by atoms with van der Waals surface area (Å²) in [5, 5.41) is 3.76. The Bertz CT molecular complexity index is 413. The second-order valence-electron chi connectivity index (χ2n) is 7.12. The zero-order chi connectivity index (χ0) is 14.8. The molecule has 1 fully saturated rings. The fourth-order valence-corrected chi connectivity index (χ4v) is 2.90. The molecule has 2 nitrogen and oxygen atoms in total. The van der Waals surface area contributed by atoms with Crippen LogP contribution in [0.2, 0.25) is 0 Å². The zero-order valence-corrected chi connectivity index (χ0v) is 13.5. The maximum atomic E-state index is 6.03. The van der Waals surface area contributed by atoms with Gasteiger partial charge in [0, 0.05) is 24.1 Å². The van der Waals surface area contributed by atoms with Gasteiger partial charge in [-0.15, -0.1) is 0 Å². The highest BCUT2D eigenvalue weighted by Crippen LogP contribution is 2.43. The number of ether oxygens (including phenoxy) is 1. The lowest BCUT2D eigenvalue weighted by molar-refractivity contribution is -0.125. The third-order valence-electron chi connectivity index (χ3n) is 4.56. The van der Waals surface area contributed by atoms with Gasteiger partial charge in [0.1, 0.15) is 0 Å². The van der Waals surface area contributed by atoms with Gasteiger partial charge in [0.15, 0.2) is 0 Å². The highest BCUT2D eigenvalue weighted by molar-refractivity contribution is 5.19. The minimum absolute atomic E-state index is 0.220. The fourth-order valence-electron chi connectivity index (χ4n) is 2.90. The standard InChI is InChI=1S/C18H29NO/c1-13(2)12-20-17-11-16(18(17,4)5)19-14(3)15-9-7-6-8-10-15/h6-10,13-14,16-17,19H,11-12H2,1-5H3. The topological polar surface area (TPSA) is 21.3 Å². The third kappa shape index (κ3) is 3.42. The molecule has 0 aliphatic heterocycles. The lowest BCUT2D eigenvalue weighted by atomic mass is 9.64. The molecule has 2 rings (SSSR count). The first-order valence-corrected chi connectivity index (χ1v) is 7.84. The van der Waals surface area contributed by atoms with E-state index >= 15 is 0 Å². The Hall–Kier alpha value is -0.860. The van der Waals surface area contributed by atoms with E-state index in [1.54, 1.807) is 0 Å². The normalized spacial score (nSPS) is 26.3. The van der Waals surface area contributed by atoms with Gasteiger partial charge in [-0.3, -0.25) is 0 Å². The van der Waals surface area contributed by atoms with Gasteiger partial charge in [0.05, 0.1) is 6.10 Å². The molecule has 0 radical (unpaired) electrons. The minimum atomic E-state index is 0.220. The lowest BCUT2D eigenvalue weighted by Crippen LogP contribution is -2.61. The molecule has 20 heavy (non-hydrogen) atoms. The Labute approximate surface area is 123 Å². The predicted octanol–water partition coefficient (Wildman–Crippen LogP) is 4.18. The van der Waals surface area contributed by atoms with Crippen LogP contribution in [-0.4, -0.2) is 18.8 Å². The molecule has 3 atom stereocenters. The maximum absolute atomic E-state index is 6.03. The number of hydrogen-bond donors (Lipinski definition) is 1. The van der Waals surface area contributed by atoms with Crippen molar-refractivity contribution < 1.29 is 4.74 Å². The SMILES string of the molecule is CC(C)COC1CC(NC(C)c2ccccc2)C1(C)C. The molecule has 0 heterocycles. The molecular weight excluding hydrogens is 246 g/mol. The summed E-state index contributed by atoms with van der Waals surface area (Å²) < 4.78 is 6.03. The Morgan fingerprint density at radius 3 is 2.40 bits per heavy atom. The summed E-state index contributed by atoms with van der Waals surface area (Å²) >= 11 is 0. The van der Waals surface area contributed by atoms with Crippen LogP contribution >= 0.6 is 0 Å². The molecule has 0 spiro atoms. The molecule has 1 aromatic carbocycles. The molecule has 2 heteroatoms. The average molecular weight is 275 g/mol. The summed E-state index contributed by atoms with van der Waals surface area (Å²) in [6.45, 7) is 12.2. The second kappa shape index (κ2) is 6.28. The first-order chi connectivity index (χ1) is 9.41. The lowest BCUT2D eigenvalue weighted by Gasteiger charge is -2.53. The van der Waals surface area contributed by atoms with E-state index in [2.05, 4.69) is 70.3 Å². The number of benzene rings is 1. The van der Waals surface area contributed by atoms with Crippen molar-refractivity contribution in [3.8, 4) is 0 Å². The molecule has 1 saturated carbocycles. The highest BCUT2D eigenvalue weighted by Gasteiger charge is 2.49. The van der Waals surface area contributed by atoms with Gasteiger partial charge < -0.3 is 10.1 Å². The predicted molar refractivity (Wildman–Crippen MR) is 84.8 cm³/mol. The molecule has 0 saturated heterocycles. The molecular formula is C18H29NO. The van der Waals surface area contributed by atoms with Crippen LogP contribution < -0.4 is 5.32 Å². The quantitative estimate of drug-likeness (QED) is 0.841. The Morgan fingerprint density at radius 2 is 1.85 bits per heavy atom. The van der Waals surface area contributed by atoms with E-state index in [0.29, 0.717) is 24.1 Å². The third-order valence-corrected chi connectivity index (χ3v) is 4.56. The van der Waals surface area contributed by atoms with E-state index in [0.717, 1.165) is 13.0 Å². The Balaban J connectivity index is 1.86. The summed E-state index contributed by atoms with van der Waals surface area (Å²) in [5.74, 6) is 0.612. The van der Waals surface area contributed by atoms with E-state index in [4.69, 9.17) is 4.74 Å². The average Bonchev–Trinajstić information content (AvgIpc) is 2.42. The monoisotopic (exact) mass is 275 g/mol. The van der Waals surface area contributed by atoms with Gasteiger partial charge in [-0.25, -0.2) is 0 Å². The number of nitrogens with one attached hydrogen (secondary N) is 1. The van der Waals surface area contributed by atoms with Crippen LogP contribution in [0.25, 0.3) is 0 Å². The molecule has 1 aliphatic rings. The van der Waals surface area contributed by atoms with Crippen LogP contribution in [0.15, 0.2) is 30.3 Å². The summed E-state index contributed by atoms with van der Waals surface area (Å²) in [6.07, 6.45) is 1.52. The van der Waals surface area contributed by atoms with Crippen LogP contribution in [0, 0.1) is 11.3 Å². The first-order valence-electron chi connectivity index (χ1n) is 7.84. The van der Waals surface area contributed by atoms with E-state index in [-0.39, 0.29) is 5.41 Å². The van der Waals surface area contributed by atoms with E-state index < -0.39 is 0 Å². The molecule has 112 valence electrons. The van der Waals surface area contributed by atoms with Gasteiger partial charge >= 0.3 is 0 Å². The minimum Gasteiger partial charge on any atom is -0.377 e. The summed E-state index contributed by atoms with van der Waals surface area (Å²) in [4.78, 5) is 0. The van der Waals surface area contributed by atoms with E-state index in [1.165, 1.54) is 5.56 Å². The summed E-state index contributed by atoms with van der Waals surface area (Å²) in [5.41, 5.74) is 1.58. The van der Waals surface area contributed by atoms with Gasteiger partial charge in [-0.2, -0.15) is 0 Å². The van der Waals surface area contributed by atoms with Crippen molar-refractivity contribution >= 4 is 0 Å². The van der Waals surface area contributed by atoms with Gasteiger partial charge in [-0.1, -0.05) is 58.0 Å². The van der Waals surface area contributed by atoms with Crippen LogP contribution in [-0.2, 0) is 4.74 Å². The van der Waals surface area contributed by atoms with Gasteiger partial charge in [0.2, 0.25) is 0 Å². The van der Waals surface area contributed by atoms with Crippen molar-refractivity contribution in [1.29, 1.82) is 0 Å². The van der Waals surface area contributed by atoms with Crippen LogP contribution in [0.3, 0.4) is 0 Å². The van der Waals surface area contributed by atoms with Crippen molar-refractivity contribution in [3.63, 3.8) is 0 Å². The van der Waals surface area contributed by atoms with Gasteiger partial charge in [0.25, 0.3) is 0 Å². The van der Waals surface area contributed by atoms with Crippen LogP contribution in [0.4, 0.5) is 0 Å². The van der Waals surface area contributed by atoms with Crippen molar-refractivity contribution in [2.45, 2.75) is 59.2 Å². The molecule has 0 aromatic heterocycles. The van der Waals surface area contributed by atoms with Crippen molar-refractivity contribution in [2.75, 3.05) is 6.61 Å². The summed E-state index contributed by atoms with van der Waals surface area (Å²) in [6, 6.07) is 11.6. The molecule has 1 N–H and O–H groups in total. The Morgan fingerprint density at radius 1 is 1.20 bits per heavy atom. The van der Waals surface area contributed by atoms with Crippen LogP contribution in [0.1, 0.15) is 52.6 Å². The summed E-state index contributed by atoms with van der Waals surface area (Å²) in [7, 11) is 0. The molecule has 1 aliphatic carbocycles. The van der Waals surface area contributed by atoms with E-state index in [9.17, 15) is 0 Å². The highest BCUT2D eigenvalue weighted by atomic mass is 16.5. The van der Waals surface area contributed by atoms with Crippen LogP contribution in [0.5, 0.6) is 0 Å². The Kier molecular flexibility index (Phi) is 4.87.